The highest BCUT2D eigenvalue weighted by Gasteiger charge is 2.29. The maximum Gasteiger partial charge on any atom is 0.165 e. The summed E-state index contributed by atoms with van der Waals surface area (Å²) in [5, 5.41) is 10.4. The Bertz CT molecular complexity index is 618. The molecule has 1 atom stereocenters. The molecule has 20 heavy (non-hydrogen) atoms. The number of benzene rings is 2. The van der Waals surface area contributed by atoms with Gasteiger partial charge in [0, 0.05) is 12.0 Å². The molecule has 1 N–H and O–H groups in total. The van der Waals surface area contributed by atoms with E-state index < -0.39 is 17.2 Å². The molecule has 0 bridgehead atoms. The van der Waals surface area contributed by atoms with Crippen LogP contribution in [-0.4, -0.2) is 5.11 Å². The SMILES string of the molecule is Cc1ccc(C(C)(O)Cc2ccc(F)cc2)c(F)c1F. The Labute approximate surface area is 115 Å². The average Bonchev–Trinajstić information content (AvgIpc) is 2.38. The fraction of sp³-hybridized carbons (Fsp3) is 0.250. The molecule has 2 aromatic rings. The predicted molar refractivity (Wildman–Crippen MR) is 70.8 cm³/mol. The molecule has 0 aliphatic rings. The number of hydrogen-bond acceptors (Lipinski definition) is 1. The van der Waals surface area contributed by atoms with E-state index in [4.69, 9.17) is 0 Å². The fourth-order valence-corrected chi connectivity index (χ4v) is 2.16. The second kappa shape index (κ2) is 5.29. The summed E-state index contributed by atoms with van der Waals surface area (Å²) in [6.45, 7) is 2.86. The molecule has 0 saturated heterocycles. The van der Waals surface area contributed by atoms with Gasteiger partial charge in [-0.15, -0.1) is 0 Å². The molecule has 0 aliphatic heterocycles. The first-order valence-corrected chi connectivity index (χ1v) is 6.23. The lowest BCUT2D eigenvalue weighted by atomic mass is 9.88. The fourth-order valence-electron chi connectivity index (χ4n) is 2.16. The van der Waals surface area contributed by atoms with Crippen molar-refractivity contribution in [1.29, 1.82) is 0 Å². The van der Waals surface area contributed by atoms with Crippen molar-refractivity contribution in [3.63, 3.8) is 0 Å². The van der Waals surface area contributed by atoms with Gasteiger partial charge in [-0.3, -0.25) is 0 Å². The third-order valence-electron chi connectivity index (χ3n) is 3.32. The van der Waals surface area contributed by atoms with Crippen molar-refractivity contribution in [2.45, 2.75) is 25.9 Å². The van der Waals surface area contributed by atoms with E-state index in [9.17, 15) is 18.3 Å². The molecule has 2 aromatic carbocycles. The minimum absolute atomic E-state index is 0.0622. The molecule has 0 aromatic heterocycles. The molecule has 106 valence electrons. The van der Waals surface area contributed by atoms with E-state index in [1.165, 1.54) is 50.2 Å². The van der Waals surface area contributed by atoms with Crippen LogP contribution in [0.25, 0.3) is 0 Å². The van der Waals surface area contributed by atoms with Gasteiger partial charge in [0.2, 0.25) is 0 Å². The van der Waals surface area contributed by atoms with Crippen molar-refractivity contribution in [2.24, 2.45) is 0 Å². The van der Waals surface area contributed by atoms with Crippen LogP contribution in [0, 0.1) is 24.4 Å². The van der Waals surface area contributed by atoms with Crippen molar-refractivity contribution in [3.05, 3.63) is 70.5 Å². The van der Waals surface area contributed by atoms with Crippen molar-refractivity contribution in [2.75, 3.05) is 0 Å². The zero-order valence-electron chi connectivity index (χ0n) is 11.3. The molecule has 1 unspecified atom stereocenters. The van der Waals surface area contributed by atoms with Crippen molar-refractivity contribution in [3.8, 4) is 0 Å². The summed E-state index contributed by atoms with van der Waals surface area (Å²) in [5.41, 5.74) is -0.860. The average molecular weight is 280 g/mol. The molecular formula is C16H15F3O. The molecular weight excluding hydrogens is 265 g/mol. The minimum atomic E-state index is -1.57. The van der Waals surface area contributed by atoms with Crippen LogP contribution < -0.4 is 0 Å². The van der Waals surface area contributed by atoms with Crippen LogP contribution in [0.4, 0.5) is 13.2 Å². The first-order chi connectivity index (χ1) is 9.31. The number of aryl methyl sites for hydroxylation is 1. The Kier molecular flexibility index (Phi) is 3.86. The van der Waals surface area contributed by atoms with Gasteiger partial charge in [-0.25, -0.2) is 13.2 Å². The van der Waals surface area contributed by atoms with Crippen molar-refractivity contribution < 1.29 is 18.3 Å². The van der Waals surface area contributed by atoms with E-state index in [1.807, 2.05) is 0 Å². The normalized spacial score (nSPS) is 14.1. The van der Waals surface area contributed by atoms with Crippen LogP contribution in [-0.2, 0) is 12.0 Å². The summed E-state index contributed by atoms with van der Waals surface area (Å²) in [4.78, 5) is 0. The van der Waals surface area contributed by atoms with Gasteiger partial charge in [0.05, 0.1) is 5.60 Å². The van der Waals surface area contributed by atoms with Gasteiger partial charge >= 0.3 is 0 Å². The largest absolute Gasteiger partial charge is 0.385 e. The van der Waals surface area contributed by atoms with Crippen LogP contribution in [0.15, 0.2) is 36.4 Å². The minimum Gasteiger partial charge on any atom is -0.385 e. The Hall–Kier alpha value is -1.81. The maximum absolute atomic E-state index is 13.9. The second-order valence-corrected chi connectivity index (χ2v) is 5.14. The summed E-state index contributed by atoms with van der Waals surface area (Å²) >= 11 is 0. The van der Waals surface area contributed by atoms with Gasteiger partial charge in [0.25, 0.3) is 0 Å². The van der Waals surface area contributed by atoms with Gasteiger partial charge in [-0.2, -0.15) is 0 Å². The molecule has 0 spiro atoms. The third-order valence-corrected chi connectivity index (χ3v) is 3.32. The number of aliphatic hydroxyl groups is 1. The van der Waals surface area contributed by atoms with E-state index in [0.29, 0.717) is 5.56 Å². The lowest BCUT2D eigenvalue weighted by molar-refractivity contribution is 0.0530. The molecule has 1 nitrogen and oxygen atoms in total. The Morgan fingerprint density at radius 1 is 0.950 bits per heavy atom. The van der Waals surface area contributed by atoms with Gasteiger partial charge in [0.1, 0.15) is 5.82 Å². The third kappa shape index (κ3) is 2.85. The van der Waals surface area contributed by atoms with Gasteiger partial charge < -0.3 is 5.11 Å². The summed E-state index contributed by atoms with van der Waals surface area (Å²) in [6.07, 6.45) is 0.0622. The Morgan fingerprint density at radius 2 is 1.55 bits per heavy atom. The first-order valence-electron chi connectivity index (χ1n) is 6.23. The summed E-state index contributed by atoms with van der Waals surface area (Å²) in [6, 6.07) is 8.33. The highest BCUT2D eigenvalue weighted by molar-refractivity contribution is 5.31. The quantitative estimate of drug-likeness (QED) is 0.905. The number of hydrogen-bond donors (Lipinski definition) is 1. The zero-order chi connectivity index (χ0) is 14.9. The van der Waals surface area contributed by atoms with Crippen molar-refractivity contribution in [1.82, 2.24) is 0 Å². The first kappa shape index (κ1) is 14.6. The summed E-state index contributed by atoms with van der Waals surface area (Å²) in [7, 11) is 0. The van der Waals surface area contributed by atoms with Gasteiger partial charge in [0.15, 0.2) is 11.6 Å². The van der Waals surface area contributed by atoms with Gasteiger partial charge in [-0.1, -0.05) is 24.3 Å². The lowest BCUT2D eigenvalue weighted by Crippen LogP contribution is -2.26. The molecule has 0 aliphatic carbocycles. The Morgan fingerprint density at radius 3 is 2.15 bits per heavy atom. The van der Waals surface area contributed by atoms with Crippen LogP contribution >= 0.6 is 0 Å². The van der Waals surface area contributed by atoms with Crippen LogP contribution in [0.1, 0.15) is 23.6 Å². The molecule has 0 amide bonds. The second-order valence-electron chi connectivity index (χ2n) is 5.14. The smallest absolute Gasteiger partial charge is 0.165 e. The molecule has 2 rings (SSSR count). The number of rotatable bonds is 3. The van der Waals surface area contributed by atoms with E-state index in [0.717, 1.165) is 0 Å². The Balaban J connectivity index is 2.35. The standard InChI is InChI=1S/C16H15F3O/c1-10-3-8-13(15(19)14(10)18)16(2,20)9-11-4-6-12(17)7-5-11/h3-8,20H,9H2,1-2H3. The molecule has 0 fully saturated rings. The highest BCUT2D eigenvalue weighted by atomic mass is 19.2. The molecule has 4 heteroatoms. The van der Waals surface area contributed by atoms with Crippen LogP contribution in [0.3, 0.4) is 0 Å². The number of halogens is 3. The van der Waals surface area contributed by atoms with E-state index in [2.05, 4.69) is 0 Å². The van der Waals surface area contributed by atoms with E-state index in [1.54, 1.807) is 0 Å². The van der Waals surface area contributed by atoms with E-state index in [-0.39, 0.29) is 23.4 Å². The lowest BCUT2D eigenvalue weighted by Gasteiger charge is -2.25. The van der Waals surface area contributed by atoms with Crippen molar-refractivity contribution >= 4 is 0 Å². The van der Waals surface area contributed by atoms with Crippen LogP contribution in [0.5, 0.6) is 0 Å². The molecule has 0 heterocycles. The summed E-state index contributed by atoms with van der Waals surface area (Å²) in [5.74, 6) is -2.39. The highest BCUT2D eigenvalue weighted by Crippen LogP contribution is 2.29. The van der Waals surface area contributed by atoms with E-state index >= 15 is 0 Å². The van der Waals surface area contributed by atoms with Crippen LogP contribution in [0.2, 0.25) is 0 Å². The zero-order valence-corrected chi connectivity index (χ0v) is 11.3. The van der Waals surface area contributed by atoms with Gasteiger partial charge in [-0.05, 0) is 37.1 Å². The molecule has 0 radical (unpaired) electrons. The predicted octanol–water partition coefficient (Wildman–Crippen LogP) is 3.86. The summed E-state index contributed by atoms with van der Waals surface area (Å²) < 4.78 is 40.3. The maximum atomic E-state index is 13.9. The monoisotopic (exact) mass is 280 g/mol. The topological polar surface area (TPSA) is 20.2 Å². The molecule has 0 saturated carbocycles.